The Morgan fingerprint density at radius 2 is 2.03 bits per heavy atom. The predicted molar refractivity (Wildman–Crippen MR) is 107 cm³/mol. The third kappa shape index (κ3) is 3.95. The highest BCUT2D eigenvalue weighted by atomic mass is 16.4. The zero-order chi connectivity index (χ0) is 21.3. The maximum Gasteiger partial charge on any atom is 0.510 e. The smallest absolute Gasteiger partial charge is 0.422 e. The van der Waals surface area contributed by atoms with Crippen molar-refractivity contribution in [2.75, 3.05) is 11.9 Å². The van der Waals surface area contributed by atoms with Crippen LogP contribution in [-0.2, 0) is 17.9 Å². The van der Waals surface area contributed by atoms with Gasteiger partial charge in [0.25, 0.3) is 11.8 Å². The number of likely N-dealkylation sites (N-methyl/N-ethyl adjacent to an activating group) is 1. The van der Waals surface area contributed by atoms with E-state index in [-0.39, 0.29) is 23.7 Å². The molecule has 2 aromatic heterocycles. The molecule has 1 unspecified atom stereocenters. The van der Waals surface area contributed by atoms with Gasteiger partial charge in [-0.25, -0.2) is 14.3 Å². The van der Waals surface area contributed by atoms with Crippen molar-refractivity contribution in [1.29, 1.82) is 0 Å². The molecule has 11 nitrogen and oxygen atoms in total. The molecule has 0 saturated carbocycles. The first-order valence-corrected chi connectivity index (χ1v) is 9.38. The zero-order valence-corrected chi connectivity index (χ0v) is 16.2. The summed E-state index contributed by atoms with van der Waals surface area (Å²) in [7, 11) is -0.179. The molecule has 3 N–H and O–H groups in total. The topological polar surface area (TPSA) is 138 Å². The first kappa shape index (κ1) is 19.8. The molecule has 1 aliphatic rings. The lowest BCUT2D eigenvalue weighted by molar-refractivity contribution is -0.120. The number of nitrogens with one attached hydrogen (secondary N) is 1. The van der Waals surface area contributed by atoms with Crippen LogP contribution in [0.1, 0.15) is 22.6 Å². The maximum atomic E-state index is 12.8. The summed E-state index contributed by atoms with van der Waals surface area (Å²) in [5.74, 6) is -0.483. The molecular weight excluding hydrogens is 389 g/mol. The van der Waals surface area contributed by atoms with Crippen LogP contribution in [-0.4, -0.2) is 66.6 Å². The molecule has 12 heteroatoms. The quantitative estimate of drug-likeness (QED) is 0.430. The minimum absolute atomic E-state index is 0.0194. The van der Waals surface area contributed by atoms with Crippen LogP contribution >= 0.6 is 0 Å². The molecule has 0 saturated heterocycles. The summed E-state index contributed by atoms with van der Waals surface area (Å²) in [6.07, 6.45) is 1.76. The van der Waals surface area contributed by atoms with Crippen molar-refractivity contribution in [2.24, 2.45) is 0 Å². The second-order valence-electron chi connectivity index (χ2n) is 6.99. The second kappa shape index (κ2) is 8.09. The molecule has 0 spiro atoms. The van der Waals surface area contributed by atoms with E-state index in [0.29, 0.717) is 18.9 Å². The van der Waals surface area contributed by atoms with Crippen molar-refractivity contribution in [2.45, 2.75) is 25.6 Å². The molecule has 3 aromatic rings. The molecule has 0 fully saturated rings. The number of anilines is 1. The van der Waals surface area contributed by atoms with Crippen LogP contribution in [0.3, 0.4) is 0 Å². The van der Waals surface area contributed by atoms with Crippen LogP contribution in [0.25, 0.3) is 0 Å². The van der Waals surface area contributed by atoms with Crippen LogP contribution in [0.2, 0.25) is 0 Å². The maximum absolute atomic E-state index is 12.8. The largest absolute Gasteiger partial charge is 0.510 e. The normalized spacial score (nSPS) is 16.2. The summed E-state index contributed by atoms with van der Waals surface area (Å²) in [6, 6.07) is 10.3. The molecule has 3 heterocycles. The molecule has 1 aliphatic heterocycles. The number of carbonyl (C=O) groups is 2. The third-order valence-corrected chi connectivity index (χ3v) is 4.88. The van der Waals surface area contributed by atoms with Gasteiger partial charge in [0.1, 0.15) is 18.2 Å². The number of benzene rings is 1. The summed E-state index contributed by atoms with van der Waals surface area (Å²) >= 11 is 0. The van der Waals surface area contributed by atoms with Crippen LogP contribution in [0.15, 0.2) is 42.7 Å². The van der Waals surface area contributed by atoms with Crippen molar-refractivity contribution >= 4 is 30.3 Å². The standard InChI is InChI=1S/C18H20BN7O4/c1-24-15-9-14(19(29)30)22-26(15)8-7-13(18(24)28)21-17(27)16-20-11-25(23-16)10-12-5-3-2-4-6-12/h2-6,9,11,13,29-30H,7-8,10H2,1H3,(H,21,27). The first-order chi connectivity index (χ1) is 14.4. The van der Waals surface area contributed by atoms with Crippen LogP contribution in [0.5, 0.6) is 0 Å². The lowest BCUT2D eigenvalue weighted by Gasteiger charge is -2.19. The summed E-state index contributed by atoms with van der Waals surface area (Å²) < 4.78 is 3.06. The molecule has 0 aliphatic carbocycles. The zero-order valence-electron chi connectivity index (χ0n) is 16.2. The van der Waals surface area contributed by atoms with Gasteiger partial charge in [0, 0.05) is 19.7 Å². The number of amides is 2. The fourth-order valence-electron chi connectivity index (χ4n) is 3.31. The van der Waals surface area contributed by atoms with Gasteiger partial charge in [0.05, 0.1) is 12.1 Å². The van der Waals surface area contributed by atoms with E-state index in [1.807, 2.05) is 30.3 Å². The molecule has 154 valence electrons. The Kier molecular flexibility index (Phi) is 5.34. The summed E-state index contributed by atoms with van der Waals surface area (Å²) in [4.78, 5) is 30.8. The monoisotopic (exact) mass is 409 g/mol. The Bertz CT molecular complexity index is 1070. The van der Waals surface area contributed by atoms with Crippen molar-refractivity contribution in [3.05, 3.63) is 54.1 Å². The Morgan fingerprint density at radius 1 is 1.27 bits per heavy atom. The average molecular weight is 409 g/mol. The molecule has 1 aromatic carbocycles. The van der Waals surface area contributed by atoms with E-state index in [1.54, 1.807) is 11.7 Å². The van der Waals surface area contributed by atoms with Crippen LogP contribution < -0.4 is 15.8 Å². The van der Waals surface area contributed by atoms with E-state index < -0.39 is 19.1 Å². The van der Waals surface area contributed by atoms with Gasteiger partial charge >= 0.3 is 7.12 Å². The van der Waals surface area contributed by atoms with Crippen molar-refractivity contribution < 1.29 is 19.6 Å². The minimum atomic E-state index is -1.72. The predicted octanol–water partition coefficient (Wildman–Crippen LogP) is -1.63. The molecule has 0 radical (unpaired) electrons. The molecule has 1 atom stereocenters. The van der Waals surface area contributed by atoms with Gasteiger partial charge in [-0.05, 0) is 12.0 Å². The molecule has 2 amide bonds. The first-order valence-electron chi connectivity index (χ1n) is 9.38. The van der Waals surface area contributed by atoms with E-state index >= 15 is 0 Å². The number of aromatic nitrogens is 5. The fourth-order valence-corrected chi connectivity index (χ4v) is 3.31. The van der Waals surface area contributed by atoms with E-state index in [2.05, 4.69) is 20.5 Å². The number of fused-ring (bicyclic) bond motifs is 1. The third-order valence-electron chi connectivity index (χ3n) is 4.88. The van der Waals surface area contributed by atoms with E-state index in [9.17, 15) is 19.6 Å². The van der Waals surface area contributed by atoms with Crippen molar-refractivity contribution in [3.8, 4) is 0 Å². The summed E-state index contributed by atoms with van der Waals surface area (Å²) in [5.41, 5.74) is 1.08. The van der Waals surface area contributed by atoms with Gasteiger partial charge in [-0.15, -0.1) is 5.10 Å². The molecule has 30 heavy (non-hydrogen) atoms. The highest BCUT2D eigenvalue weighted by Gasteiger charge is 2.32. The fraction of sp³-hybridized carbons (Fsp3) is 0.278. The van der Waals surface area contributed by atoms with Gasteiger partial charge < -0.3 is 15.4 Å². The Balaban J connectivity index is 1.43. The van der Waals surface area contributed by atoms with Gasteiger partial charge in [0.2, 0.25) is 5.82 Å². The molecule has 0 bridgehead atoms. The molecular formula is C18H20BN7O4. The van der Waals surface area contributed by atoms with E-state index in [1.165, 1.54) is 22.0 Å². The molecule has 4 rings (SSSR count). The Labute approximate surface area is 172 Å². The minimum Gasteiger partial charge on any atom is -0.422 e. The van der Waals surface area contributed by atoms with Gasteiger partial charge in [-0.1, -0.05) is 30.3 Å². The van der Waals surface area contributed by atoms with Gasteiger partial charge in [0.15, 0.2) is 0 Å². The van der Waals surface area contributed by atoms with Gasteiger partial charge in [-0.3, -0.25) is 14.5 Å². The summed E-state index contributed by atoms with van der Waals surface area (Å²) in [5, 5.41) is 29.6. The highest BCUT2D eigenvalue weighted by Crippen LogP contribution is 2.18. The number of hydrogen-bond donors (Lipinski definition) is 3. The lowest BCUT2D eigenvalue weighted by atomic mass is 9.87. The number of nitrogens with zero attached hydrogens (tertiary/aromatic N) is 6. The van der Waals surface area contributed by atoms with Gasteiger partial charge in [-0.2, -0.15) is 5.10 Å². The summed E-state index contributed by atoms with van der Waals surface area (Å²) in [6.45, 7) is 0.797. The lowest BCUT2D eigenvalue weighted by Crippen LogP contribution is -2.47. The number of rotatable bonds is 5. The van der Waals surface area contributed by atoms with Crippen molar-refractivity contribution in [3.63, 3.8) is 0 Å². The second-order valence-corrected chi connectivity index (χ2v) is 6.99. The number of carbonyl (C=O) groups excluding carboxylic acids is 2. The number of aryl methyl sites for hydroxylation is 1. The van der Waals surface area contributed by atoms with Crippen molar-refractivity contribution in [1.82, 2.24) is 29.9 Å². The highest BCUT2D eigenvalue weighted by molar-refractivity contribution is 6.57. The van der Waals surface area contributed by atoms with E-state index in [0.717, 1.165) is 5.56 Å². The van der Waals surface area contributed by atoms with Crippen LogP contribution in [0, 0.1) is 0 Å². The average Bonchev–Trinajstić information content (AvgIpc) is 3.36. The van der Waals surface area contributed by atoms with E-state index in [4.69, 9.17) is 0 Å². The Morgan fingerprint density at radius 3 is 2.77 bits per heavy atom. The SMILES string of the molecule is CN1C(=O)C(NC(=O)c2ncn(Cc3ccccc3)n2)CCn2nc(B(O)O)cc21. The Hall–Kier alpha value is -3.51. The number of hydrogen-bond acceptors (Lipinski definition) is 7. The van der Waals surface area contributed by atoms with Crippen LogP contribution in [0.4, 0.5) is 5.82 Å².